The van der Waals surface area contributed by atoms with Crippen LogP contribution in [0.5, 0.6) is 0 Å². The number of hydrogen-bond acceptors (Lipinski definition) is 3. The van der Waals surface area contributed by atoms with Crippen molar-refractivity contribution in [2.75, 3.05) is 0 Å². The van der Waals surface area contributed by atoms with Crippen LogP contribution in [0.1, 0.15) is 41.8 Å². The molecule has 0 aliphatic carbocycles. The number of nitrogens with zero attached hydrogens (tertiary/aromatic N) is 2. The molecule has 0 fully saturated rings. The van der Waals surface area contributed by atoms with Crippen LogP contribution in [0.15, 0.2) is 23.8 Å². The third-order valence-corrected chi connectivity index (χ3v) is 3.74. The van der Waals surface area contributed by atoms with E-state index in [1.807, 2.05) is 26.2 Å². The zero-order chi connectivity index (χ0) is 15.8. The molecule has 2 heterocycles. The molecule has 7 heteroatoms. The highest BCUT2D eigenvalue weighted by molar-refractivity contribution is 7.09. The molecular formula is C14H15F3N2OS. The minimum absolute atomic E-state index is 0.0666. The first kappa shape index (κ1) is 15.8. The zero-order valence-corrected chi connectivity index (χ0v) is 12.7. The Kier molecular flexibility index (Phi) is 3.97. The van der Waals surface area contributed by atoms with Gasteiger partial charge in [-0.3, -0.25) is 4.79 Å². The Bertz CT molecular complexity index is 650. The summed E-state index contributed by atoms with van der Waals surface area (Å²) in [6.45, 7) is 6.48. The summed E-state index contributed by atoms with van der Waals surface area (Å²) in [7, 11) is 0. The summed E-state index contributed by atoms with van der Waals surface area (Å²) in [5.41, 5.74) is 0.527. The Morgan fingerprint density at radius 1 is 1.33 bits per heavy atom. The molecule has 0 amide bonds. The average molecular weight is 316 g/mol. The molecule has 114 valence electrons. The van der Waals surface area contributed by atoms with Gasteiger partial charge in [-0.05, 0) is 6.07 Å². The van der Waals surface area contributed by atoms with Gasteiger partial charge in [-0.25, -0.2) is 4.98 Å². The van der Waals surface area contributed by atoms with Crippen LogP contribution in [-0.2, 0) is 12.0 Å². The molecule has 0 unspecified atom stereocenters. The summed E-state index contributed by atoms with van der Waals surface area (Å²) >= 11 is 1.46. The lowest BCUT2D eigenvalue weighted by atomic mass is 9.93. The highest BCUT2D eigenvalue weighted by Gasteiger charge is 2.39. The van der Waals surface area contributed by atoms with Crippen molar-refractivity contribution < 1.29 is 18.0 Å². The second kappa shape index (κ2) is 5.29. The molecule has 0 atom stereocenters. The molecule has 0 radical (unpaired) electrons. The van der Waals surface area contributed by atoms with E-state index in [-0.39, 0.29) is 11.0 Å². The normalized spacial score (nSPS) is 12.7. The van der Waals surface area contributed by atoms with Crippen molar-refractivity contribution in [2.24, 2.45) is 0 Å². The molecule has 0 bridgehead atoms. The van der Waals surface area contributed by atoms with Gasteiger partial charge in [0, 0.05) is 28.8 Å². The van der Waals surface area contributed by atoms with Crippen molar-refractivity contribution >= 4 is 17.1 Å². The molecule has 2 aromatic heterocycles. The summed E-state index contributed by atoms with van der Waals surface area (Å²) in [5, 5.41) is 2.74. The fourth-order valence-electron chi connectivity index (χ4n) is 1.72. The van der Waals surface area contributed by atoms with E-state index in [1.165, 1.54) is 34.4 Å². The van der Waals surface area contributed by atoms with Gasteiger partial charge >= 0.3 is 6.18 Å². The number of halogens is 3. The Balaban J connectivity index is 2.13. The second-order valence-electron chi connectivity index (χ2n) is 5.78. The molecule has 0 saturated carbocycles. The van der Waals surface area contributed by atoms with Gasteiger partial charge in [0.15, 0.2) is 0 Å². The number of hydrogen-bond donors (Lipinski definition) is 0. The van der Waals surface area contributed by atoms with E-state index in [1.54, 1.807) is 0 Å². The minimum atomic E-state index is -4.84. The summed E-state index contributed by atoms with van der Waals surface area (Å²) < 4.78 is 38.5. The molecule has 2 aromatic rings. The van der Waals surface area contributed by atoms with Crippen LogP contribution in [0.3, 0.4) is 0 Å². The van der Waals surface area contributed by atoms with Crippen molar-refractivity contribution in [1.29, 1.82) is 0 Å². The van der Waals surface area contributed by atoms with Crippen molar-refractivity contribution in [3.05, 3.63) is 40.1 Å². The molecule has 0 N–H and O–H groups in total. The largest absolute Gasteiger partial charge is 0.454 e. The number of thiazole rings is 1. The Labute approximate surface area is 124 Å². The third kappa shape index (κ3) is 3.72. The topological polar surface area (TPSA) is 34.9 Å². The van der Waals surface area contributed by atoms with Gasteiger partial charge in [0.05, 0.1) is 12.2 Å². The fraction of sp³-hybridized carbons (Fsp3) is 0.429. The molecule has 3 nitrogen and oxygen atoms in total. The van der Waals surface area contributed by atoms with Crippen LogP contribution in [-0.4, -0.2) is 21.5 Å². The summed E-state index contributed by atoms with van der Waals surface area (Å²) in [4.78, 5) is 15.6. The van der Waals surface area contributed by atoms with Crippen LogP contribution >= 0.6 is 11.3 Å². The second-order valence-corrected chi connectivity index (χ2v) is 6.72. The molecule has 2 rings (SSSR count). The quantitative estimate of drug-likeness (QED) is 0.801. The first-order chi connectivity index (χ1) is 9.57. The monoisotopic (exact) mass is 316 g/mol. The maximum absolute atomic E-state index is 12.3. The molecular weight excluding hydrogens is 301 g/mol. The number of carbonyl (C=O) groups excluding carboxylic acids is 1. The summed E-state index contributed by atoms with van der Waals surface area (Å²) in [6, 6.07) is 1.17. The van der Waals surface area contributed by atoms with Gasteiger partial charge in [0.25, 0.3) is 5.78 Å². The number of carbonyl (C=O) groups is 1. The van der Waals surface area contributed by atoms with Gasteiger partial charge in [0.2, 0.25) is 0 Å². The van der Waals surface area contributed by atoms with Crippen molar-refractivity contribution in [2.45, 2.75) is 38.9 Å². The van der Waals surface area contributed by atoms with E-state index in [2.05, 4.69) is 4.98 Å². The Morgan fingerprint density at radius 2 is 2.00 bits per heavy atom. The third-order valence-electron chi connectivity index (χ3n) is 2.91. The number of ketones is 1. The molecule has 0 aromatic carbocycles. The van der Waals surface area contributed by atoms with E-state index in [9.17, 15) is 18.0 Å². The van der Waals surface area contributed by atoms with E-state index in [0.29, 0.717) is 6.54 Å². The van der Waals surface area contributed by atoms with E-state index >= 15 is 0 Å². The number of Topliss-reactive ketones (excluding diaryl/α,β-unsaturated/α-hetero) is 1. The smallest absolute Gasteiger partial charge is 0.347 e. The standard InChI is InChI=1S/C14H15F3N2OS/c1-13(2,3)10-8-21-11(18-10)7-19-5-4-9(6-19)12(20)14(15,16)17/h4-6,8H,7H2,1-3H3. The summed E-state index contributed by atoms with van der Waals surface area (Å²) in [6.07, 6.45) is -2.18. The molecule has 21 heavy (non-hydrogen) atoms. The van der Waals surface area contributed by atoms with Crippen LogP contribution < -0.4 is 0 Å². The lowest BCUT2D eigenvalue weighted by Crippen LogP contribution is -2.22. The lowest BCUT2D eigenvalue weighted by Gasteiger charge is -2.14. The van der Waals surface area contributed by atoms with Crippen LogP contribution in [0.25, 0.3) is 0 Å². The fourth-order valence-corrected chi connectivity index (χ4v) is 2.75. The number of rotatable bonds is 3. The van der Waals surface area contributed by atoms with Crippen LogP contribution in [0.4, 0.5) is 13.2 Å². The maximum atomic E-state index is 12.3. The van der Waals surface area contributed by atoms with Crippen LogP contribution in [0.2, 0.25) is 0 Å². The van der Waals surface area contributed by atoms with Gasteiger partial charge in [-0.15, -0.1) is 11.3 Å². The molecule has 0 saturated heterocycles. The van der Waals surface area contributed by atoms with E-state index in [4.69, 9.17) is 0 Å². The van der Waals surface area contributed by atoms with Crippen molar-refractivity contribution in [1.82, 2.24) is 9.55 Å². The first-order valence-corrected chi connectivity index (χ1v) is 7.17. The highest BCUT2D eigenvalue weighted by Crippen LogP contribution is 2.25. The molecule has 0 aliphatic rings. The Morgan fingerprint density at radius 3 is 2.52 bits per heavy atom. The van der Waals surface area contributed by atoms with Crippen molar-refractivity contribution in [3.8, 4) is 0 Å². The van der Waals surface area contributed by atoms with Gasteiger partial charge in [0.1, 0.15) is 5.01 Å². The summed E-state index contributed by atoms with van der Waals surface area (Å²) in [5.74, 6) is -1.82. The molecule has 0 spiro atoms. The Hall–Kier alpha value is -1.63. The minimum Gasteiger partial charge on any atom is -0.347 e. The SMILES string of the molecule is CC(C)(C)c1csc(Cn2ccc(C(=O)C(F)(F)F)c2)n1. The number of aromatic nitrogens is 2. The zero-order valence-electron chi connectivity index (χ0n) is 11.9. The lowest BCUT2D eigenvalue weighted by molar-refractivity contribution is -0.0885. The van der Waals surface area contributed by atoms with Gasteiger partial charge < -0.3 is 4.57 Å². The van der Waals surface area contributed by atoms with Crippen molar-refractivity contribution in [3.63, 3.8) is 0 Å². The highest BCUT2D eigenvalue weighted by atomic mass is 32.1. The maximum Gasteiger partial charge on any atom is 0.454 e. The molecule has 0 aliphatic heterocycles. The average Bonchev–Trinajstić information content (AvgIpc) is 2.95. The number of alkyl halides is 3. The van der Waals surface area contributed by atoms with Gasteiger partial charge in [-0.2, -0.15) is 13.2 Å². The first-order valence-electron chi connectivity index (χ1n) is 6.29. The predicted octanol–water partition coefficient (Wildman–Crippen LogP) is 4.04. The van der Waals surface area contributed by atoms with Gasteiger partial charge in [-0.1, -0.05) is 20.8 Å². The van der Waals surface area contributed by atoms with E-state index < -0.39 is 12.0 Å². The van der Waals surface area contributed by atoms with Crippen LogP contribution in [0, 0.1) is 0 Å². The van der Waals surface area contributed by atoms with E-state index in [0.717, 1.165) is 10.7 Å². The predicted molar refractivity (Wildman–Crippen MR) is 74.7 cm³/mol.